The maximum Gasteiger partial charge on any atom is 0.349 e. The zero-order chi connectivity index (χ0) is 27.0. The van der Waals surface area contributed by atoms with Gasteiger partial charge in [-0.25, -0.2) is 14.2 Å². The molecule has 0 aliphatic heterocycles. The second kappa shape index (κ2) is 9.71. The average molecular weight is 512 g/mol. The van der Waals surface area contributed by atoms with Crippen molar-refractivity contribution in [2.45, 2.75) is 13.3 Å². The molecule has 5 aromatic rings. The van der Waals surface area contributed by atoms with Crippen LogP contribution in [0.15, 0.2) is 51.8 Å². The Morgan fingerprint density at radius 2 is 2.05 bits per heavy atom. The van der Waals surface area contributed by atoms with Crippen LogP contribution in [-0.2, 0) is 6.42 Å². The lowest BCUT2D eigenvalue weighted by atomic mass is 9.95. The van der Waals surface area contributed by atoms with E-state index in [4.69, 9.17) is 21.3 Å². The quantitative estimate of drug-likeness (QED) is 0.287. The number of benzene rings is 2. The molecule has 190 valence electrons. The van der Waals surface area contributed by atoms with Crippen molar-refractivity contribution in [2.24, 2.45) is 0 Å². The van der Waals surface area contributed by atoms with Crippen LogP contribution in [0.5, 0.6) is 11.8 Å². The molecule has 38 heavy (non-hydrogen) atoms. The second-order valence-corrected chi connectivity index (χ2v) is 8.51. The first kappa shape index (κ1) is 24.5. The zero-order valence-electron chi connectivity index (χ0n) is 20.5. The third-order valence-corrected chi connectivity index (χ3v) is 6.22. The highest BCUT2D eigenvalue weighted by atomic mass is 19.1. The van der Waals surface area contributed by atoms with Gasteiger partial charge in [-0.3, -0.25) is 0 Å². The molecule has 3 heterocycles. The standard InChI is InChI=1S/C28H22FN5O4/c1-4-18-20(29)8-7-16-12-17(35)13-19(21(16)18)24-14(2)23-22(27(36)38-24)26(34-28(33-23)37-3)32-11-9-15-6-5-10-31-25(15)30/h1,5-8,10,12-13,35H,9,11H2,2-3H3,(H2,30,31)(H,32,33,34). The Labute approximate surface area is 216 Å². The number of nitrogens with zero attached hydrogens (tertiary/aromatic N) is 3. The average Bonchev–Trinajstić information content (AvgIpc) is 2.91. The van der Waals surface area contributed by atoms with Crippen LogP contribution in [0.4, 0.5) is 16.0 Å². The Morgan fingerprint density at radius 1 is 1.24 bits per heavy atom. The van der Waals surface area contributed by atoms with Crippen LogP contribution in [0.1, 0.15) is 16.7 Å². The highest BCUT2D eigenvalue weighted by Gasteiger charge is 2.22. The van der Waals surface area contributed by atoms with Crippen molar-refractivity contribution in [1.82, 2.24) is 15.0 Å². The zero-order valence-corrected chi connectivity index (χ0v) is 20.5. The van der Waals surface area contributed by atoms with E-state index in [1.54, 1.807) is 19.2 Å². The Hall–Kier alpha value is -5.17. The van der Waals surface area contributed by atoms with Crippen molar-refractivity contribution >= 4 is 33.3 Å². The smallest absolute Gasteiger partial charge is 0.349 e. The number of anilines is 2. The SMILES string of the molecule is C#Cc1c(F)ccc2cc(O)cc(-c3oc(=O)c4c(NCCc5cccnc5N)nc(OC)nc4c3C)c12. The van der Waals surface area contributed by atoms with E-state index < -0.39 is 11.4 Å². The maximum atomic E-state index is 14.6. The fraction of sp³-hybridized carbons (Fsp3) is 0.143. The predicted octanol–water partition coefficient (Wildman–Crippen LogP) is 4.18. The van der Waals surface area contributed by atoms with Crippen LogP contribution in [0, 0.1) is 25.1 Å². The van der Waals surface area contributed by atoms with Crippen LogP contribution in [0.25, 0.3) is 33.0 Å². The summed E-state index contributed by atoms with van der Waals surface area (Å²) in [4.78, 5) is 26.1. The minimum absolute atomic E-state index is 0.0167. The van der Waals surface area contributed by atoms with E-state index in [-0.39, 0.29) is 45.4 Å². The summed E-state index contributed by atoms with van der Waals surface area (Å²) in [6, 6.07) is 9.21. The van der Waals surface area contributed by atoms with E-state index in [1.165, 1.54) is 31.4 Å². The predicted molar refractivity (Wildman–Crippen MR) is 143 cm³/mol. The summed E-state index contributed by atoms with van der Waals surface area (Å²) >= 11 is 0. The minimum atomic E-state index is -0.734. The molecule has 0 aliphatic rings. The number of halogens is 1. The first-order valence-electron chi connectivity index (χ1n) is 11.6. The van der Waals surface area contributed by atoms with E-state index in [0.29, 0.717) is 35.1 Å². The van der Waals surface area contributed by atoms with Gasteiger partial charge in [0.05, 0.1) is 18.2 Å². The molecule has 0 amide bonds. The Morgan fingerprint density at radius 3 is 2.79 bits per heavy atom. The summed E-state index contributed by atoms with van der Waals surface area (Å²) < 4.78 is 25.7. The number of aromatic hydroxyl groups is 1. The van der Waals surface area contributed by atoms with Crippen LogP contribution in [-0.4, -0.2) is 33.7 Å². The number of phenolic OH excluding ortho intramolecular Hbond substituents is 1. The number of aryl methyl sites for hydroxylation is 1. The van der Waals surface area contributed by atoms with Crippen molar-refractivity contribution < 1.29 is 18.7 Å². The topological polar surface area (TPSA) is 136 Å². The summed E-state index contributed by atoms with van der Waals surface area (Å²) in [7, 11) is 1.41. The van der Waals surface area contributed by atoms with Crippen molar-refractivity contribution in [3.8, 4) is 35.4 Å². The molecule has 0 spiro atoms. The van der Waals surface area contributed by atoms with Crippen molar-refractivity contribution in [3.63, 3.8) is 0 Å². The van der Waals surface area contributed by atoms with Crippen molar-refractivity contribution in [2.75, 3.05) is 24.7 Å². The van der Waals surface area contributed by atoms with Gasteiger partial charge in [-0.05, 0) is 48.6 Å². The van der Waals surface area contributed by atoms with E-state index >= 15 is 0 Å². The molecule has 0 fully saturated rings. The molecule has 4 N–H and O–H groups in total. The number of hydrogen-bond acceptors (Lipinski definition) is 9. The van der Waals surface area contributed by atoms with Gasteiger partial charge in [0.2, 0.25) is 0 Å². The second-order valence-electron chi connectivity index (χ2n) is 8.51. The summed E-state index contributed by atoms with van der Waals surface area (Å²) in [5, 5.41) is 14.4. The largest absolute Gasteiger partial charge is 0.508 e. The van der Waals surface area contributed by atoms with Crippen molar-refractivity contribution in [3.05, 3.63) is 75.5 Å². The van der Waals surface area contributed by atoms with Gasteiger partial charge in [0.1, 0.15) is 34.3 Å². The number of methoxy groups -OCH3 is 1. The van der Waals surface area contributed by atoms with Gasteiger partial charge in [0.25, 0.3) is 0 Å². The van der Waals surface area contributed by atoms with E-state index in [1.807, 2.05) is 6.07 Å². The van der Waals surface area contributed by atoms with Gasteiger partial charge in [-0.1, -0.05) is 18.1 Å². The molecule has 10 heteroatoms. The Kier molecular flexibility index (Phi) is 6.26. The molecular weight excluding hydrogens is 489 g/mol. The first-order chi connectivity index (χ1) is 18.3. The molecule has 3 aromatic heterocycles. The van der Waals surface area contributed by atoms with Gasteiger partial charge >= 0.3 is 11.6 Å². The number of nitrogens with one attached hydrogen (secondary N) is 1. The summed E-state index contributed by atoms with van der Waals surface area (Å²) in [6.07, 6.45) is 7.74. The minimum Gasteiger partial charge on any atom is -0.508 e. The highest BCUT2D eigenvalue weighted by molar-refractivity contribution is 6.03. The number of nitrogens with two attached hydrogens (primary N) is 1. The van der Waals surface area contributed by atoms with Crippen LogP contribution in [0.3, 0.4) is 0 Å². The normalized spacial score (nSPS) is 11.0. The third-order valence-electron chi connectivity index (χ3n) is 6.22. The lowest BCUT2D eigenvalue weighted by molar-refractivity contribution is 0.382. The van der Waals surface area contributed by atoms with E-state index in [2.05, 4.69) is 26.2 Å². The lowest BCUT2D eigenvalue weighted by Gasteiger charge is -2.15. The van der Waals surface area contributed by atoms with Crippen LogP contribution >= 0.6 is 0 Å². The molecule has 0 saturated heterocycles. The number of rotatable bonds is 6. The number of ether oxygens (including phenoxy) is 1. The van der Waals surface area contributed by atoms with Crippen molar-refractivity contribution in [1.29, 1.82) is 0 Å². The molecule has 2 aromatic carbocycles. The van der Waals surface area contributed by atoms with Gasteiger partial charge in [0.15, 0.2) is 0 Å². The van der Waals surface area contributed by atoms with Gasteiger partial charge < -0.3 is 25.3 Å². The third kappa shape index (κ3) is 4.20. The molecule has 0 saturated carbocycles. The molecule has 0 radical (unpaired) electrons. The Bertz CT molecular complexity index is 1830. The number of fused-ring (bicyclic) bond motifs is 2. The van der Waals surface area contributed by atoms with E-state index in [9.17, 15) is 14.3 Å². The lowest BCUT2D eigenvalue weighted by Crippen LogP contribution is -2.14. The molecule has 0 atom stereocenters. The number of terminal acetylenes is 1. The Balaban J connectivity index is 1.69. The number of phenols is 1. The van der Waals surface area contributed by atoms with E-state index in [0.717, 1.165) is 5.56 Å². The first-order valence-corrected chi connectivity index (χ1v) is 11.6. The molecule has 9 nitrogen and oxygen atoms in total. The number of aromatic nitrogens is 3. The van der Waals surface area contributed by atoms with Crippen LogP contribution < -0.4 is 21.4 Å². The fourth-order valence-electron chi connectivity index (χ4n) is 4.43. The number of hydrogen-bond donors (Lipinski definition) is 3. The monoisotopic (exact) mass is 511 g/mol. The summed E-state index contributed by atoms with van der Waals surface area (Å²) in [5.74, 6) is 2.36. The number of pyridine rings is 1. The molecule has 5 rings (SSSR count). The molecule has 0 unspecified atom stereocenters. The fourth-order valence-corrected chi connectivity index (χ4v) is 4.43. The molecule has 0 bridgehead atoms. The summed E-state index contributed by atoms with van der Waals surface area (Å²) in [6.45, 7) is 2.07. The van der Waals surface area contributed by atoms with Crippen LogP contribution in [0.2, 0.25) is 0 Å². The highest BCUT2D eigenvalue weighted by Crippen LogP contribution is 2.38. The maximum absolute atomic E-state index is 14.6. The molecule has 0 aliphatic carbocycles. The number of nitrogen functional groups attached to an aromatic ring is 1. The molecular formula is C28H22FN5O4. The summed E-state index contributed by atoms with van der Waals surface area (Å²) in [5.41, 5.74) is 6.98. The van der Waals surface area contributed by atoms with Gasteiger partial charge in [-0.15, -0.1) is 6.42 Å². The van der Waals surface area contributed by atoms with Gasteiger partial charge in [-0.2, -0.15) is 9.97 Å². The van der Waals surface area contributed by atoms with Gasteiger partial charge in [0, 0.05) is 29.3 Å².